The molecule has 0 atom stereocenters. The highest BCUT2D eigenvalue weighted by Gasteiger charge is 2.14. The van der Waals surface area contributed by atoms with Crippen molar-refractivity contribution in [3.63, 3.8) is 0 Å². The predicted octanol–water partition coefficient (Wildman–Crippen LogP) is 1.54. The number of hydrogen-bond acceptors (Lipinski definition) is 5. The minimum absolute atomic E-state index is 0.142. The van der Waals surface area contributed by atoms with Crippen LogP contribution in [-0.4, -0.2) is 30.1 Å². The van der Waals surface area contributed by atoms with E-state index in [0.717, 1.165) is 0 Å². The summed E-state index contributed by atoms with van der Waals surface area (Å²) in [6.45, 7) is 0. The zero-order valence-electron chi connectivity index (χ0n) is 11.1. The molecule has 0 fully saturated rings. The molecule has 0 radical (unpaired) electrons. The van der Waals surface area contributed by atoms with Crippen LogP contribution in [0.3, 0.4) is 0 Å². The molecule has 21 heavy (non-hydrogen) atoms. The first-order valence-corrected chi connectivity index (χ1v) is 7.53. The van der Waals surface area contributed by atoms with E-state index < -0.39 is 10.0 Å². The van der Waals surface area contributed by atoms with Crippen molar-refractivity contribution in [3.8, 4) is 5.75 Å². The zero-order valence-corrected chi connectivity index (χ0v) is 11.9. The van der Waals surface area contributed by atoms with Gasteiger partial charge in [0.25, 0.3) is 10.0 Å². The van der Waals surface area contributed by atoms with Gasteiger partial charge in [-0.1, -0.05) is 0 Å². The lowest BCUT2D eigenvalue weighted by molar-refractivity contribution is 0.414. The van der Waals surface area contributed by atoms with Crippen molar-refractivity contribution in [1.29, 1.82) is 0 Å². The normalized spacial score (nSPS) is 11.5. The summed E-state index contributed by atoms with van der Waals surface area (Å²) in [7, 11) is -2.16. The third-order valence-corrected chi connectivity index (χ3v) is 4.27. The summed E-state index contributed by atoms with van der Waals surface area (Å²) in [5.74, 6) is 0.591. The standard InChI is InChI=1S/C13H12N4O3S/c1-20-11-2-4-12(5-3-11)21(18,19)16-10-8-14-13-6-7-15-17(13)9-10/h2-9,16H,1H3. The van der Waals surface area contributed by atoms with Crippen LogP contribution in [0.2, 0.25) is 0 Å². The van der Waals surface area contributed by atoms with Crippen LogP contribution in [0.4, 0.5) is 5.69 Å². The first-order chi connectivity index (χ1) is 10.1. The van der Waals surface area contributed by atoms with Gasteiger partial charge < -0.3 is 4.74 Å². The van der Waals surface area contributed by atoms with Gasteiger partial charge in [-0.2, -0.15) is 5.10 Å². The van der Waals surface area contributed by atoms with Gasteiger partial charge in [0.2, 0.25) is 0 Å². The number of fused-ring (bicyclic) bond motifs is 1. The summed E-state index contributed by atoms with van der Waals surface area (Å²) in [5.41, 5.74) is 0.976. The average molecular weight is 304 g/mol. The third-order valence-electron chi connectivity index (χ3n) is 2.87. The fourth-order valence-corrected chi connectivity index (χ4v) is 2.86. The number of anilines is 1. The molecule has 0 saturated carbocycles. The lowest BCUT2D eigenvalue weighted by Gasteiger charge is -2.08. The van der Waals surface area contributed by atoms with Crippen molar-refractivity contribution in [2.75, 3.05) is 11.8 Å². The predicted molar refractivity (Wildman–Crippen MR) is 76.8 cm³/mol. The maximum absolute atomic E-state index is 12.3. The number of methoxy groups -OCH3 is 1. The van der Waals surface area contributed by atoms with Crippen LogP contribution in [0.5, 0.6) is 5.75 Å². The van der Waals surface area contributed by atoms with Crippen molar-refractivity contribution in [2.45, 2.75) is 4.90 Å². The number of nitrogens with zero attached hydrogens (tertiary/aromatic N) is 3. The quantitative estimate of drug-likeness (QED) is 0.790. The Morgan fingerprint density at radius 2 is 1.95 bits per heavy atom. The summed E-state index contributed by atoms with van der Waals surface area (Å²) < 4.78 is 33.5. The number of sulfonamides is 1. The molecule has 1 aromatic carbocycles. The number of benzene rings is 1. The van der Waals surface area contributed by atoms with E-state index in [0.29, 0.717) is 17.1 Å². The molecule has 0 unspecified atom stereocenters. The molecule has 0 saturated heterocycles. The van der Waals surface area contributed by atoms with E-state index in [4.69, 9.17) is 4.74 Å². The number of aromatic nitrogens is 3. The fraction of sp³-hybridized carbons (Fsp3) is 0.0769. The Morgan fingerprint density at radius 3 is 2.67 bits per heavy atom. The van der Waals surface area contributed by atoms with E-state index in [1.54, 1.807) is 30.6 Å². The molecule has 0 bridgehead atoms. The molecular weight excluding hydrogens is 292 g/mol. The van der Waals surface area contributed by atoms with E-state index in [2.05, 4.69) is 14.8 Å². The molecule has 8 heteroatoms. The van der Waals surface area contributed by atoms with Crippen LogP contribution in [0.15, 0.2) is 53.8 Å². The Labute approximate surface area is 121 Å². The van der Waals surface area contributed by atoms with Gasteiger partial charge >= 0.3 is 0 Å². The van der Waals surface area contributed by atoms with E-state index in [-0.39, 0.29) is 4.90 Å². The van der Waals surface area contributed by atoms with Crippen molar-refractivity contribution < 1.29 is 13.2 Å². The Bertz CT molecular complexity index is 872. The van der Waals surface area contributed by atoms with E-state index in [1.165, 1.54) is 30.0 Å². The van der Waals surface area contributed by atoms with Crippen molar-refractivity contribution in [1.82, 2.24) is 14.6 Å². The van der Waals surface area contributed by atoms with Gasteiger partial charge in [0, 0.05) is 6.07 Å². The van der Waals surface area contributed by atoms with E-state index in [9.17, 15) is 8.42 Å². The van der Waals surface area contributed by atoms with Gasteiger partial charge in [-0.3, -0.25) is 4.72 Å². The lowest BCUT2D eigenvalue weighted by Crippen LogP contribution is -2.13. The third kappa shape index (κ3) is 2.65. The van der Waals surface area contributed by atoms with Crippen LogP contribution >= 0.6 is 0 Å². The molecule has 2 heterocycles. The molecule has 7 nitrogen and oxygen atoms in total. The molecule has 0 aliphatic heterocycles. The van der Waals surface area contributed by atoms with Crippen LogP contribution in [-0.2, 0) is 10.0 Å². The summed E-state index contributed by atoms with van der Waals surface area (Å²) in [6.07, 6.45) is 4.59. The monoisotopic (exact) mass is 304 g/mol. The molecule has 0 spiro atoms. The molecule has 1 N–H and O–H groups in total. The highest BCUT2D eigenvalue weighted by Crippen LogP contribution is 2.18. The molecule has 108 valence electrons. The van der Waals surface area contributed by atoms with E-state index in [1.807, 2.05) is 0 Å². The minimum atomic E-state index is -3.68. The fourth-order valence-electron chi connectivity index (χ4n) is 1.83. The molecule has 0 aliphatic rings. The summed E-state index contributed by atoms with van der Waals surface area (Å²) in [4.78, 5) is 4.24. The molecule has 0 aliphatic carbocycles. The number of hydrogen-bond donors (Lipinski definition) is 1. The minimum Gasteiger partial charge on any atom is -0.497 e. The van der Waals surface area contributed by atoms with E-state index >= 15 is 0 Å². The van der Waals surface area contributed by atoms with Gasteiger partial charge in [-0.25, -0.2) is 17.9 Å². The first kappa shape index (κ1) is 13.4. The molecule has 2 aromatic heterocycles. The van der Waals surface area contributed by atoms with Crippen LogP contribution in [0.25, 0.3) is 5.65 Å². The summed E-state index contributed by atoms with van der Waals surface area (Å²) >= 11 is 0. The summed E-state index contributed by atoms with van der Waals surface area (Å²) in [6, 6.07) is 7.84. The Hall–Kier alpha value is -2.61. The first-order valence-electron chi connectivity index (χ1n) is 6.05. The average Bonchev–Trinajstić information content (AvgIpc) is 2.94. The molecule has 3 aromatic rings. The van der Waals surface area contributed by atoms with Gasteiger partial charge in [-0.15, -0.1) is 0 Å². The molecule has 3 rings (SSSR count). The number of nitrogens with one attached hydrogen (secondary N) is 1. The number of rotatable bonds is 4. The van der Waals surface area contributed by atoms with Crippen LogP contribution in [0, 0.1) is 0 Å². The SMILES string of the molecule is COc1ccc(S(=O)(=O)Nc2cnc3ccnn3c2)cc1. The second kappa shape index (κ2) is 5.06. The Balaban J connectivity index is 1.90. The van der Waals surface area contributed by atoms with Crippen LogP contribution < -0.4 is 9.46 Å². The Kier molecular flexibility index (Phi) is 3.22. The van der Waals surface area contributed by atoms with Gasteiger partial charge in [0.15, 0.2) is 5.65 Å². The topological polar surface area (TPSA) is 85.6 Å². The second-order valence-electron chi connectivity index (χ2n) is 4.26. The van der Waals surface area contributed by atoms with Crippen molar-refractivity contribution >= 4 is 21.4 Å². The molecule has 0 amide bonds. The van der Waals surface area contributed by atoms with Gasteiger partial charge in [0.1, 0.15) is 5.75 Å². The largest absolute Gasteiger partial charge is 0.497 e. The van der Waals surface area contributed by atoms with Gasteiger partial charge in [-0.05, 0) is 24.3 Å². The Morgan fingerprint density at radius 1 is 1.19 bits per heavy atom. The maximum Gasteiger partial charge on any atom is 0.261 e. The zero-order chi connectivity index (χ0) is 14.9. The van der Waals surface area contributed by atoms with Crippen molar-refractivity contribution in [3.05, 3.63) is 48.9 Å². The molecular formula is C13H12N4O3S. The maximum atomic E-state index is 12.3. The van der Waals surface area contributed by atoms with Gasteiger partial charge in [0.05, 0.1) is 36.3 Å². The lowest BCUT2D eigenvalue weighted by atomic mass is 10.3. The van der Waals surface area contributed by atoms with Crippen molar-refractivity contribution in [2.24, 2.45) is 0 Å². The number of ether oxygens (including phenoxy) is 1. The summed E-state index contributed by atoms with van der Waals surface area (Å²) in [5, 5.41) is 4.01. The highest BCUT2D eigenvalue weighted by molar-refractivity contribution is 7.92. The highest BCUT2D eigenvalue weighted by atomic mass is 32.2. The van der Waals surface area contributed by atoms with Crippen LogP contribution in [0.1, 0.15) is 0 Å². The second-order valence-corrected chi connectivity index (χ2v) is 5.94. The smallest absolute Gasteiger partial charge is 0.261 e.